The Hall–Kier alpha value is -3.13. The molecule has 3 aromatic rings. The highest BCUT2D eigenvalue weighted by Gasteiger charge is 2.23. The number of ether oxygens (including phenoxy) is 2. The Kier molecular flexibility index (Phi) is 6.90. The molecule has 0 saturated carbocycles. The van der Waals surface area contributed by atoms with Gasteiger partial charge in [0, 0.05) is 32.0 Å². The number of fused-ring (bicyclic) bond motifs is 1. The largest absolute Gasteiger partial charge is 0.497 e. The number of methoxy groups -OCH3 is 1. The molecule has 1 atom stereocenters. The van der Waals surface area contributed by atoms with Crippen LogP contribution in [0, 0.1) is 0 Å². The summed E-state index contributed by atoms with van der Waals surface area (Å²) in [4.78, 5) is 18.0. The Balaban J connectivity index is 1.64. The second-order valence-corrected chi connectivity index (χ2v) is 7.98. The van der Waals surface area contributed by atoms with E-state index in [4.69, 9.17) is 9.47 Å². The highest BCUT2D eigenvalue weighted by Crippen LogP contribution is 2.29. The zero-order valence-electron chi connectivity index (χ0n) is 18.9. The summed E-state index contributed by atoms with van der Waals surface area (Å²) in [5, 5.41) is 12.1. The van der Waals surface area contributed by atoms with Gasteiger partial charge in [0.15, 0.2) is 5.65 Å². The lowest BCUT2D eigenvalue weighted by Crippen LogP contribution is -2.32. The standard InChI is InChI=1S/C24H31N5O3/c1-4-21(16-6-8-18(31-3)9-7-16)28-24(30)20-14-25-23-19(15-26-29(23)5-2)22(20)27-17-10-12-32-13-11-17/h6-9,14-15,17,21H,4-5,10-13H2,1-3H3,(H,25,27)(H,28,30). The van der Waals surface area contributed by atoms with Crippen LogP contribution in [0.4, 0.5) is 5.69 Å². The number of carbonyl (C=O) groups is 1. The highest BCUT2D eigenvalue weighted by atomic mass is 16.5. The molecule has 3 heterocycles. The van der Waals surface area contributed by atoms with Gasteiger partial charge < -0.3 is 20.1 Å². The molecule has 1 aliphatic rings. The smallest absolute Gasteiger partial charge is 0.255 e. The first-order valence-electron chi connectivity index (χ1n) is 11.3. The van der Waals surface area contributed by atoms with Gasteiger partial charge in [0.05, 0.1) is 36.0 Å². The minimum Gasteiger partial charge on any atom is -0.497 e. The van der Waals surface area contributed by atoms with Crippen molar-refractivity contribution in [1.29, 1.82) is 0 Å². The minimum atomic E-state index is -0.152. The van der Waals surface area contributed by atoms with Gasteiger partial charge in [-0.15, -0.1) is 0 Å². The highest BCUT2D eigenvalue weighted by molar-refractivity contribution is 6.06. The van der Waals surface area contributed by atoms with E-state index in [-0.39, 0.29) is 18.0 Å². The minimum absolute atomic E-state index is 0.113. The average molecular weight is 438 g/mol. The maximum absolute atomic E-state index is 13.4. The van der Waals surface area contributed by atoms with Crippen molar-refractivity contribution in [3.8, 4) is 5.75 Å². The lowest BCUT2D eigenvalue weighted by Gasteiger charge is -2.26. The van der Waals surface area contributed by atoms with Crippen LogP contribution in [0.3, 0.4) is 0 Å². The van der Waals surface area contributed by atoms with Crippen molar-refractivity contribution in [3.05, 3.63) is 47.8 Å². The molecule has 1 aromatic carbocycles. The third-order valence-electron chi connectivity index (χ3n) is 6.01. The van der Waals surface area contributed by atoms with Crippen LogP contribution in [0.2, 0.25) is 0 Å². The van der Waals surface area contributed by atoms with Crippen LogP contribution in [-0.2, 0) is 11.3 Å². The van der Waals surface area contributed by atoms with E-state index in [2.05, 4.69) is 27.6 Å². The molecular formula is C24H31N5O3. The van der Waals surface area contributed by atoms with Gasteiger partial charge in [0.2, 0.25) is 0 Å². The Labute approximate surface area is 188 Å². The summed E-state index contributed by atoms with van der Waals surface area (Å²) in [6, 6.07) is 7.93. The summed E-state index contributed by atoms with van der Waals surface area (Å²) in [6.07, 6.45) is 6.02. The van der Waals surface area contributed by atoms with E-state index >= 15 is 0 Å². The molecular weight excluding hydrogens is 406 g/mol. The third-order valence-corrected chi connectivity index (χ3v) is 6.01. The zero-order chi connectivity index (χ0) is 22.5. The van der Waals surface area contributed by atoms with Gasteiger partial charge in [0.25, 0.3) is 5.91 Å². The third kappa shape index (κ3) is 4.55. The van der Waals surface area contributed by atoms with Crippen LogP contribution >= 0.6 is 0 Å². The maximum atomic E-state index is 13.4. The molecule has 4 rings (SSSR count). The summed E-state index contributed by atoms with van der Waals surface area (Å²) >= 11 is 0. The molecule has 8 nitrogen and oxygen atoms in total. The molecule has 0 spiro atoms. The number of hydrogen-bond acceptors (Lipinski definition) is 6. The predicted octanol–water partition coefficient (Wildman–Crippen LogP) is 3.93. The van der Waals surface area contributed by atoms with Crippen LogP contribution in [0.25, 0.3) is 11.0 Å². The van der Waals surface area contributed by atoms with Crippen molar-refractivity contribution in [1.82, 2.24) is 20.1 Å². The Morgan fingerprint density at radius 2 is 1.97 bits per heavy atom. The van der Waals surface area contributed by atoms with Crippen LogP contribution in [0.5, 0.6) is 5.75 Å². The molecule has 1 aliphatic heterocycles. The average Bonchev–Trinajstić information content (AvgIpc) is 3.27. The van der Waals surface area contributed by atoms with Gasteiger partial charge in [-0.25, -0.2) is 9.67 Å². The molecule has 1 unspecified atom stereocenters. The van der Waals surface area contributed by atoms with E-state index in [1.165, 1.54) is 0 Å². The molecule has 0 aliphatic carbocycles. The van der Waals surface area contributed by atoms with E-state index in [1.807, 2.05) is 35.9 Å². The molecule has 1 amide bonds. The number of nitrogens with one attached hydrogen (secondary N) is 2. The number of pyridine rings is 1. The van der Waals surface area contributed by atoms with E-state index in [0.717, 1.165) is 60.5 Å². The summed E-state index contributed by atoms with van der Waals surface area (Å²) in [5.74, 6) is 0.640. The van der Waals surface area contributed by atoms with Crippen LogP contribution in [0.1, 0.15) is 55.1 Å². The number of aromatic nitrogens is 3. The van der Waals surface area contributed by atoms with E-state index in [1.54, 1.807) is 19.5 Å². The monoisotopic (exact) mass is 437 g/mol. The van der Waals surface area contributed by atoms with E-state index in [0.29, 0.717) is 12.1 Å². The topological polar surface area (TPSA) is 90.3 Å². The normalized spacial score (nSPS) is 15.5. The second kappa shape index (κ2) is 9.99. The lowest BCUT2D eigenvalue weighted by molar-refractivity contribution is 0.0903. The van der Waals surface area contributed by atoms with Crippen molar-refractivity contribution in [2.45, 2.75) is 51.7 Å². The van der Waals surface area contributed by atoms with Gasteiger partial charge in [-0.3, -0.25) is 4.79 Å². The Morgan fingerprint density at radius 3 is 2.62 bits per heavy atom. The fourth-order valence-electron chi connectivity index (χ4n) is 4.13. The van der Waals surface area contributed by atoms with E-state index in [9.17, 15) is 4.79 Å². The number of amides is 1. The fraction of sp³-hybridized carbons (Fsp3) is 0.458. The van der Waals surface area contributed by atoms with E-state index < -0.39 is 0 Å². The second-order valence-electron chi connectivity index (χ2n) is 7.98. The van der Waals surface area contributed by atoms with Gasteiger partial charge in [0.1, 0.15) is 5.75 Å². The maximum Gasteiger partial charge on any atom is 0.255 e. The summed E-state index contributed by atoms with van der Waals surface area (Å²) in [7, 11) is 1.64. The first-order chi connectivity index (χ1) is 15.6. The SMILES string of the molecule is CCC(NC(=O)c1cnc2c(cnn2CC)c1NC1CCOCC1)c1ccc(OC)cc1. The number of rotatable bonds is 8. The predicted molar refractivity (Wildman–Crippen MR) is 124 cm³/mol. The summed E-state index contributed by atoms with van der Waals surface area (Å²) in [6.45, 7) is 6.24. The van der Waals surface area contributed by atoms with Crippen LogP contribution < -0.4 is 15.4 Å². The van der Waals surface area contributed by atoms with Crippen molar-refractivity contribution >= 4 is 22.6 Å². The first-order valence-corrected chi connectivity index (χ1v) is 11.3. The van der Waals surface area contributed by atoms with Gasteiger partial charge >= 0.3 is 0 Å². The number of aryl methyl sites for hydroxylation is 1. The summed E-state index contributed by atoms with van der Waals surface area (Å²) in [5.41, 5.74) is 3.14. The molecule has 8 heteroatoms. The number of nitrogens with zero attached hydrogens (tertiary/aromatic N) is 3. The van der Waals surface area contributed by atoms with Gasteiger partial charge in [-0.05, 0) is 43.9 Å². The molecule has 1 fully saturated rings. The van der Waals surface area contributed by atoms with Gasteiger partial charge in [-0.2, -0.15) is 5.10 Å². The van der Waals surface area contributed by atoms with Crippen LogP contribution in [0.15, 0.2) is 36.7 Å². The number of benzene rings is 1. The fourth-order valence-corrected chi connectivity index (χ4v) is 4.13. The Morgan fingerprint density at radius 1 is 1.22 bits per heavy atom. The quantitative estimate of drug-likeness (QED) is 0.555. The molecule has 0 bridgehead atoms. The lowest BCUT2D eigenvalue weighted by atomic mass is 10.0. The van der Waals surface area contributed by atoms with Crippen molar-refractivity contribution < 1.29 is 14.3 Å². The van der Waals surface area contributed by atoms with Crippen molar-refractivity contribution in [3.63, 3.8) is 0 Å². The van der Waals surface area contributed by atoms with Crippen molar-refractivity contribution in [2.24, 2.45) is 0 Å². The molecule has 2 aromatic heterocycles. The number of hydrogen-bond donors (Lipinski definition) is 2. The van der Waals surface area contributed by atoms with Crippen LogP contribution in [-0.4, -0.2) is 47.0 Å². The summed E-state index contributed by atoms with van der Waals surface area (Å²) < 4.78 is 12.6. The molecule has 32 heavy (non-hydrogen) atoms. The molecule has 1 saturated heterocycles. The number of anilines is 1. The van der Waals surface area contributed by atoms with Gasteiger partial charge in [-0.1, -0.05) is 19.1 Å². The molecule has 2 N–H and O–H groups in total. The first kappa shape index (κ1) is 22.1. The van der Waals surface area contributed by atoms with Crippen molar-refractivity contribution in [2.75, 3.05) is 25.6 Å². The Bertz CT molecular complexity index is 1060. The molecule has 0 radical (unpaired) electrons. The zero-order valence-corrected chi connectivity index (χ0v) is 18.9. The molecule has 170 valence electrons. The number of carbonyl (C=O) groups excluding carboxylic acids is 1.